The van der Waals surface area contributed by atoms with E-state index in [2.05, 4.69) is 5.32 Å². The molecule has 1 atom stereocenters. The van der Waals surface area contributed by atoms with Crippen LogP contribution in [0.5, 0.6) is 0 Å². The number of hydrogen-bond donors (Lipinski definition) is 1. The summed E-state index contributed by atoms with van der Waals surface area (Å²) < 4.78 is 49.3. The second-order valence-electron chi connectivity index (χ2n) is 4.60. The maximum atomic E-state index is 13.0. The van der Waals surface area contributed by atoms with Crippen molar-refractivity contribution in [3.05, 3.63) is 35.6 Å². The summed E-state index contributed by atoms with van der Waals surface area (Å²) in [5.41, 5.74) is 0.804. The predicted octanol–water partition coefficient (Wildman–Crippen LogP) is 4.08. The van der Waals surface area contributed by atoms with E-state index in [0.717, 1.165) is 5.56 Å². The molecule has 0 aromatic heterocycles. The lowest BCUT2D eigenvalue weighted by Gasteiger charge is -2.18. The van der Waals surface area contributed by atoms with E-state index in [1.807, 2.05) is 6.92 Å². The lowest BCUT2D eigenvalue weighted by Crippen LogP contribution is -2.31. The Morgan fingerprint density at radius 3 is 2.58 bits per heavy atom. The smallest absolute Gasteiger partial charge is 0.314 e. The highest BCUT2D eigenvalue weighted by Gasteiger charge is 2.26. The van der Waals surface area contributed by atoms with Crippen molar-refractivity contribution in [1.29, 1.82) is 0 Å². The molecule has 0 amide bonds. The number of halogens is 4. The van der Waals surface area contributed by atoms with Gasteiger partial charge < -0.3 is 5.32 Å². The molecule has 0 radical (unpaired) electrons. The van der Waals surface area contributed by atoms with Crippen LogP contribution in [0.2, 0.25) is 0 Å². The second kappa shape index (κ2) is 7.48. The van der Waals surface area contributed by atoms with Crippen LogP contribution in [0.25, 0.3) is 0 Å². The molecule has 1 rings (SSSR count). The fraction of sp³-hybridized carbons (Fsp3) is 0.571. The molecular weight excluding hydrogens is 258 g/mol. The highest BCUT2D eigenvalue weighted by Crippen LogP contribution is 2.23. The first-order valence-electron chi connectivity index (χ1n) is 6.45. The second-order valence-corrected chi connectivity index (χ2v) is 4.60. The van der Waals surface area contributed by atoms with Gasteiger partial charge in [-0.05, 0) is 43.5 Å². The quantitative estimate of drug-likeness (QED) is 0.740. The van der Waals surface area contributed by atoms with Crippen LogP contribution < -0.4 is 5.32 Å². The van der Waals surface area contributed by atoms with Crippen molar-refractivity contribution < 1.29 is 17.6 Å². The average Bonchev–Trinajstić information content (AvgIpc) is 2.27. The first kappa shape index (κ1) is 16.0. The molecule has 0 aliphatic rings. The highest BCUT2D eigenvalue weighted by atomic mass is 19.4. The molecule has 0 saturated heterocycles. The third kappa shape index (κ3) is 7.15. The molecule has 0 fully saturated rings. The largest absolute Gasteiger partial charge is 0.389 e. The average molecular weight is 277 g/mol. The topological polar surface area (TPSA) is 12.0 Å². The van der Waals surface area contributed by atoms with Gasteiger partial charge in [0.15, 0.2) is 0 Å². The highest BCUT2D eigenvalue weighted by molar-refractivity contribution is 5.17. The molecule has 0 aliphatic heterocycles. The Balaban J connectivity index is 2.48. The minimum atomic E-state index is -4.10. The van der Waals surface area contributed by atoms with E-state index >= 15 is 0 Å². The van der Waals surface area contributed by atoms with E-state index in [9.17, 15) is 17.6 Å². The maximum Gasteiger partial charge on any atom is 0.389 e. The predicted molar refractivity (Wildman–Crippen MR) is 67.5 cm³/mol. The first-order valence-corrected chi connectivity index (χ1v) is 6.45. The number of rotatable bonds is 7. The monoisotopic (exact) mass is 277 g/mol. The van der Waals surface area contributed by atoms with E-state index in [0.29, 0.717) is 19.4 Å². The lowest BCUT2D eigenvalue weighted by atomic mass is 10.0. The van der Waals surface area contributed by atoms with Crippen molar-refractivity contribution in [3.63, 3.8) is 0 Å². The van der Waals surface area contributed by atoms with Gasteiger partial charge in [-0.25, -0.2) is 4.39 Å². The summed E-state index contributed by atoms with van der Waals surface area (Å²) in [5.74, 6) is -0.317. The van der Waals surface area contributed by atoms with Gasteiger partial charge in [0.05, 0.1) is 0 Å². The van der Waals surface area contributed by atoms with Crippen LogP contribution >= 0.6 is 0 Å². The van der Waals surface area contributed by atoms with Crippen molar-refractivity contribution >= 4 is 0 Å². The van der Waals surface area contributed by atoms with Crippen LogP contribution in [-0.2, 0) is 6.42 Å². The lowest BCUT2D eigenvalue weighted by molar-refractivity contribution is -0.135. The van der Waals surface area contributed by atoms with Gasteiger partial charge in [0.2, 0.25) is 0 Å². The molecule has 1 N–H and O–H groups in total. The Morgan fingerprint density at radius 1 is 1.26 bits per heavy atom. The molecule has 5 heteroatoms. The van der Waals surface area contributed by atoms with Gasteiger partial charge in [-0.15, -0.1) is 0 Å². The summed E-state index contributed by atoms with van der Waals surface area (Å²) in [6.45, 7) is 2.59. The number of likely N-dealkylation sites (N-methyl/N-ethyl adjacent to an activating group) is 1. The van der Waals surface area contributed by atoms with Crippen LogP contribution in [0.4, 0.5) is 17.6 Å². The first-order chi connectivity index (χ1) is 8.90. The van der Waals surface area contributed by atoms with Crippen molar-refractivity contribution in [3.8, 4) is 0 Å². The zero-order chi connectivity index (χ0) is 14.3. The van der Waals surface area contributed by atoms with Gasteiger partial charge in [-0.1, -0.05) is 19.1 Å². The number of alkyl halides is 3. The van der Waals surface area contributed by atoms with Crippen LogP contribution in [0, 0.1) is 5.82 Å². The van der Waals surface area contributed by atoms with Gasteiger partial charge in [0.1, 0.15) is 5.82 Å². The van der Waals surface area contributed by atoms with E-state index in [1.54, 1.807) is 12.1 Å². The zero-order valence-corrected chi connectivity index (χ0v) is 10.9. The number of nitrogens with one attached hydrogen (secondary N) is 1. The van der Waals surface area contributed by atoms with Crippen LogP contribution in [-0.4, -0.2) is 18.8 Å². The minimum absolute atomic E-state index is 0.0471. The van der Waals surface area contributed by atoms with Crippen LogP contribution in [0.3, 0.4) is 0 Å². The molecular formula is C14H19F4N. The summed E-state index contributed by atoms with van der Waals surface area (Å²) in [6.07, 6.45) is -3.79. The SMILES string of the molecule is CCNC(CCCC(F)(F)F)Cc1cccc(F)c1. The van der Waals surface area contributed by atoms with E-state index < -0.39 is 12.6 Å². The summed E-state index contributed by atoms with van der Waals surface area (Å²) in [6, 6.07) is 6.14. The molecule has 108 valence electrons. The molecule has 19 heavy (non-hydrogen) atoms. The maximum absolute atomic E-state index is 13.0. The standard InChI is InChI=1S/C14H19F4N/c1-2-19-13(7-4-8-14(16,17)18)10-11-5-3-6-12(15)9-11/h3,5-6,9,13,19H,2,4,7-8,10H2,1H3. The molecule has 1 aromatic carbocycles. The summed E-state index contributed by atoms with van der Waals surface area (Å²) in [4.78, 5) is 0. The molecule has 0 heterocycles. The van der Waals surface area contributed by atoms with Gasteiger partial charge in [0, 0.05) is 12.5 Å². The molecule has 0 aliphatic carbocycles. The zero-order valence-electron chi connectivity index (χ0n) is 10.9. The van der Waals surface area contributed by atoms with E-state index in [1.165, 1.54) is 12.1 Å². The Hall–Kier alpha value is -1.10. The number of hydrogen-bond acceptors (Lipinski definition) is 1. The van der Waals surface area contributed by atoms with Crippen LogP contribution in [0.1, 0.15) is 31.7 Å². The van der Waals surface area contributed by atoms with E-state index in [-0.39, 0.29) is 18.3 Å². The summed E-state index contributed by atoms with van der Waals surface area (Å²) >= 11 is 0. The van der Waals surface area contributed by atoms with Gasteiger partial charge in [0.25, 0.3) is 0 Å². The third-order valence-corrected chi connectivity index (χ3v) is 2.88. The molecule has 1 nitrogen and oxygen atoms in total. The fourth-order valence-electron chi connectivity index (χ4n) is 2.06. The van der Waals surface area contributed by atoms with Gasteiger partial charge in [-0.2, -0.15) is 13.2 Å². The van der Waals surface area contributed by atoms with Crippen molar-refractivity contribution in [2.24, 2.45) is 0 Å². The summed E-state index contributed by atoms with van der Waals surface area (Å²) in [7, 11) is 0. The van der Waals surface area contributed by atoms with Crippen LogP contribution in [0.15, 0.2) is 24.3 Å². The Kier molecular flexibility index (Phi) is 6.28. The Labute approximate surface area is 111 Å². The van der Waals surface area contributed by atoms with Gasteiger partial charge in [-0.3, -0.25) is 0 Å². The Bertz CT molecular complexity index is 376. The molecule has 1 unspecified atom stereocenters. The molecule has 1 aromatic rings. The van der Waals surface area contributed by atoms with Crippen molar-refractivity contribution in [1.82, 2.24) is 5.32 Å². The van der Waals surface area contributed by atoms with Gasteiger partial charge >= 0.3 is 6.18 Å². The fourth-order valence-corrected chi connectivity index (χ4v) is 2.06. The third-order valence-electron chi connectivity index (χ3n) is 2.88. The van der Waals surface area contributed by atoms with Crippen molar-refractivity contribution in [2.45, 2.75) is 44.8 Å². The molecule has 0 bridgehead atoms. The van der Waals surface area contributed by atoms with Crippen molar-refractivity contribution in [2.75, 3.05) is 6.54 Å². The molecule has 0 spiro atoms. The minimum Gasteiger partial charge on any atom is -0.314 e. The Morgan fingerprint density at radius 2 is 2.00 bits per heavy atom. The normalized spacial score (nSPS) is 13.5. The van der Waals surface area contributed by atoms with E-state index in [4.69, 9.17) is 0 Å². The number of benzene rings is 1. The summed E-state index contributed by atoms with van der Waals surface area (Å²) in [5, 5.41) is 3.15. The molecule has 0 saturated carbocycles.